The van der Waals surface area contributed by atoms with Crippen LogP contribution in [0.4, 0.5) is 0 Å². The Morgan fingerprint density at radius 3 is 1.17 bits per heavy atom. The number of hydrogen-bond acceptors (Lipinski definition) is 12. The molecule has 2 rings (SSSR count). The summed E-state index contributed by atoms with van der Waals surface area (Å²) in [5.74, 6) is -3.82. The van der Waals surface area contributed by atoms with Gasteiger partial charge in [-0.1, -0.05) is 110 Å². The fraction of sp³-hybridized carbons (Fsp3) is 0.500. The van der Waals surface area contributed by atoms with Gasteiger partial charge in [-0.2, -0.15) is 0 Å². The molecule has 16 heteroatoms. The number of amides is 4. The first-order valence-electron chi connectivity index (χ1n) is 16.9. The van der Waals surface area contributed by atoms with Crippen LogP contribution in [0, 0.1) is 11.8 Å². The molecular weight excluding hydrogens is 709 g/mol. The minimum Gasteiger partial charge on any atom is -0.467 e. The molecule has 0 aliphatic heterocycles. The standard InChI is InChI=1S/C36H52N6O8S2/c1-21(2)29(33(45)39-27(35(47)49-5)17-23-13-9-7-10-14-23)41-31(43)25(37)19-51-52-20-26(38)32(44)42-30(22(3)4)34(46)40-28(36(48)50-6)18-24-15-11-8-12-16-24/h7-16,21-22,25-30H,17-20,37-38H2,1-6H3,(H,39,45)(H,40,46)(H,41,43)(H,42,44)/t25-,26-,27-,28-,29-,30-/m0/s1. The van der Waals surface area contributed by atoms with E-state index in [-0.39, 0.29) is 36.2 Å². The van der Waals surface area contributed by atoms with Crippen molar-refractivity contribution in [1.82, 2.24) is 21.3 Å². The highest BCUT2D eigenvalue weighted by Gasteiger charge is 2.32. The predicted molar refractivity (Wildman–Crippen MR) is 203 cm³/mol. The third kappa shape index (κ3) is 14.9. The zero-order valence-corrected chi connectivity index (χ0v) is 32.1. The summed E-state index contributed by atoms with van der Waals surface area (Å²) in [6, 6.07) is 12.5. The van der Waals surface area contributed by atoms with Crippen molar-refractivity contribution in [1.29, 1.82) is 0 Å². The lowest BCUT2D eigenvalue weighted by Gasteiger charge is -2.26. The smallest absolute Gasteiger partial charge is 0.328 e. The van der Waals surface area contributed by atoms with Crippen molar-refractivity contribution in [3.05, 3.63) is 71.8 Å². The van der Waals surface area contributed by atoms with E-state index in [1.807, 2.05) is 60.7 Å². The van der Waals surface area contributed by atoms with E-state index in [1.54, 1.807) is 27.7 Å². The van der Waals surface area contributed by atoms with Crippen LogP contribution in [-0.4, -0.2) is 97.5 Å². The van der Waals surface area contributed by atoms with Crippen molar-refractivity contribution in [2.24, 2.45) is 23.3 Å². The van der Waals surface area contributed by atoms with Crippen LogP contribution in [0.5, 0.6) is 0 Å². The van der Waals surface area contributed by atoms with E-state index < -0.39 is 71.8 Å². The highest BCUT2D eigenvalue weighted by atomic mass is 33.1. The number of esters is 2. The summed E-state index contributed by atoms with van der Waals surface area (Å²) in [5.41, 5.74) is 13.9. The van der Waals surface area contributed by atoms with Gasteiger partial charge in [0.15, 0.2) is 0 Å². The molecule has 0 fully saturated rings. The van der Waals surface area contributed by atoms with Gasteiger partial charge in [0.2, 0.25) is 23.6 Å². The van der Waals surface area contributed by atoms with E-state index >= 15 is 0 Å². The minimum atomic E-state index is -0.995. The van der Waals surface area contributed by atoms with E-state index in [4.69, 9.17) is 20.9 Å². The largest absolute Gasteiger partial charge is 0.467 e. The van der Waals surface area contributed by atoms with Gasteiger partial charge in [0.05, 0.1) is 26.3 Å². The van der Waals surface area contributed by atoms with Gasteiger partial charge < -0.3 is 42.2 Å². The van der Waals surface area contributed by atoms with Crippen LogP contribution in [0.3, 0.4) is 0 Å². The lowest BCUT2D eigenvalue weighted by molar-refractivity contribution is -0.146. The van der Waals surface area contributed by atoms with Gasteiger partial charge in [0.1, 0.15) is 24.2 Å². The van der Waals surface area contributed by atoms with Crippen LogP contribution in [0.25, 0.3) is 0 Å². The number of carbonyl (C=O) groups excluding carboxylic acids is 6. The number of hydrogen-bond donors (Lipinski definition) is 6. The summed E-state index contributed by atoms with van der Waals surface area (Å²) in [6.45, 7) is 7.03. The summed E-state index contributed by atoms with van der Waals surface area (Å²) in [4.78, 5) is 77.2. The van der Waals surface area contributed by atoms with Crippen LogP contribution < -0.4 is 32.7 Å². The molecule has 286 valence electrons. The van der Waals surface area contributed by atoms with Crippen LogP contribution in [0.2, 0.25) is 0 Å². The van der Waals surface area contributed by atoms with Crippen molar-refractivity contribution in [3.63, 3.8) is 0 Å². The molecule has 0 radical (unpaired) electrons. The number of methoxy groups -OCH3 is 2. The molecule has 0 aliphatic carbocycles. The molecule has 6 atom stereocenters. The number of carbonyl (C=O) groups is 6. The van der Waals surface area contributed by atoms with Crippen molar-refractivity contribution in [2.45, 2.75) is 76.8 Å². The first-order valence-corrected chi connectivity index (χ1v) is 19.4. The average Bonchev–Trinajstić information content (AvgIpc) is 3.13. The van der Waals surface area contributed by atoms with Crippen molar-refractivity contribution >= 4 is 57.2 Å². The molecule has 52 heavy (non-hydrogen) atoms. The number of benzene rings is 2. The third-order valence-corrected chi connectivity index (χ3v) is 10.4. The maximum Gasteiger partial charge on any atom is 0.328 e. The molecule has 0 aromatic heterocycles. The van der Waals surface area contributed by atoms with Gasteiger partial charge in [-0.3, -0.25) is 19.2 Å². The Kier molecular flexibility index (Phi) is 19.3. The van der Waals surface area contributed by atoms with Gasteiger partial charge in [0.25, 0.3) is 0 Å². The normalized spacial score (nSPS) is 14.6. The number of ether oxygens (including phenoxy) is 2. The molecular formula is C36H52N6O8S2. The molecule has 0 bridgehead atoms. The molecule has 0 heterocycles. The lowest BCUT2D eigenvalue weighted by atomic mass is 10.0. The summed E-state index contributed by atoms with van der Waals surface area (Å²) >= 11 is 0. The summed E-state index contributed by atoms with van der Waals surface area (Å²) in [7, 11) is 4.92. The van der Waals surface area contributed by atoms with E-state index in [1.165, 1.54) is 35.8 Å². The highest BCUT2D eigenvalue weighted by molar-refractivity contribution is 8.76. The van der Waals surface area contributed by atoms with Crippen molar-refractivity contribution in [3.8, 4) is 0 Å². The second-order valence-corrected chi connectivity index (χ2v) is 15.3. The molecule has 0 spiro atoms. The second-order valence-electron chi connectivity index (χ2n) is 12.8. The van der Waals surface area contributed by atoms with Gasteiger partial charge in [-0.25, -0.2) is 9.59 Å². The fourth-order valence-corrected chi connectivity index (χ4v) is 7.12. The van der Waals surface area contributed by atoms with Crippen molar-refractivity contribution < 1.29 is 38.2 Å². The Balaban J connectivity index is 1.88. The highest BCUT2D eigenvalue weighted by Crippen LogP contribution is 2.22. The third-order valence-electron chi connectivity index (χ3n) is 7.92. The van der Waals surface area contributed by atoms with E-state index in [0.29, 0.717) is 0 Å². The Morgan fingerprint density at radius 2 is 0.885 bits per heavy atom. The van der Waals surface area contributed by atoms with E-state index in [9.17, 15) is 28.8 Å². The number of nitrogens with two attached hydrogens (primary N) is 2. The Bertz CT molecular complexity index is 1360. The summed E-state index contributed by atoms with van der Waals surface area (Å²) < 4.78 is 9.76. The molecule has 0 aliphatic rings. The molecule has 14 nitrogen and oxygen atoms in total. The second kappa shape index (κ2) is 22.7. The van der Waals surface area contributed by atoms with Gasteiger partial charge in [0, 0.05) is 24.3 Å². The van der Waals surface area contributed by atoms with Crippen molar-refractivity contribution in [2.75, 3.05) is 25.7 Å². The fourth-order valence-electron chi connectivity index (χ4n) is 4.88. The topological polar surface area (TPSA) is 221 Å². The Hall–Kier alpha value is -4.12. The van der Waals surface area contributed by atoms with Gasteiger partial charge in [-0.05, 0) is 23.0 Å². The van der Waals surface area contributed by atoms with E-state index in [2.05, 4.69) is 21.3 Å². The van der Waals surface area contributed by atoms with E-state index in [0.717, 1.165) is 11.1 Å². The van der Waals surface area contributed by atoms with Crippen LogP contribution in [0.15, 0.2) is 60.7 Å². The van der Waals surface area contributed by atoms with Crippen LogP contribution >= 0.6 is 21.6 Å². The van der Waals surface area contributed by atoms with Crippen LogP contribution in [0.1, 0.15) is 38.8 Å². The van der Waals surface area contributed by atoms with Gasteiger partial charge >= 0.3 is 11.9 Å². The first-order chi connectivity index (χ1) is 24.7. The average molecular weight is 761 g/mol. The monoisotopic (exact) mass is 760 g/mol. The number of rotatable bonds is 21. The molecule has 2 aromatic carbocycles. The maximum atomic E-state index is 13.2. The quantitative estimate of drug-likeness (QED) is 0.0599. The number of nitrogens with one attached hydrogen (secondary N) is 4. The Labute approximate surface area is 313 Å². The molecule has 0 saturated carbocycles. The molecule has 8 N–H and O–H groups in total. The summed E-state index contributed by atoms with van der Waals surface area (Å²) in [5, 5.41) is 10.8. The predicted octanol–water partition coefficient (Wildman–Crippen LogP) is 1.11. The molecule has 0 saturated heterocycles. The summed E-state index contributed by atoms with van der Waals surface area (Å²) in [6.07, 6.45) is 0.420. The Morgan fingerprint density at radius 1 is 0.558 bits per heavy atom. The zero-order chi connectivity index (χ0) is 38.8. The van der Waals surface area contributed by atoms with Crippen LogP contribution in [-0.2, 0) is 51.1 Å². The SMILES string of the molecule is COC(=O)[C@H](Cc1ccccc1)NC(=O)[C@@H](NC(=O)[C@@H](N)CSSC[C@H](N)C(=O)N[C@H](C(=O)N[C@@H](Cc1ccccc1)C(=O)OC)C(C)C)C(C)C. The molecule has 2 aromatic rings. The first kappa shape index (κ1) is 44.0. The zero-order valence-electron chi connectivity index (χ0n) is 30.5. The maximum absolute atomic E-state index is 13.2. The lowest BCUT2D eigenvalue weighted by Crippen LogP contribution is -2.57. The molecule has 4 amide bonds. The van der Waals surface area contributed by atoms with Gasteiger partial charge in [-0.15, -0.1) is 0 Å². The minimum absolute atomic E-state index is 0.142. The molecule has 0 unspecified atom stereocenters.